The van der Waals surface area contributed by atoms with Crippen molar-refractivity contribution in [1.29, 1.82) is 0 Å². The van der Waals surface area contributed by atoms with Gasteiger partial charge in [-0.05, 0) is 44.2 Å². The van der Waals surface area contributed by atoms with Crippen LogP contribution in [0.25, 0.3) is 0 Å². The molecule has 1 aromatic rings. The second-order valence-electron chi connectivity index (χ2n) is 7.26. The summed E-state index contributed by atoms with van der Waals surface area (Å²) in [7, 11) is 1.39. The van der Waals surface area contributed by atoms with Crippen molar-refractivity contribution >= 4 is 12.0 Å². The SMILES string of the molecule is COC(=O)C1=C(C[NH+]2CCCCC2)NC(=O)N[C@H]1c1cc(C)ccc1C. The Morgan fingerprint density at radius 3 is 2.65 bits per heavy atom. The number of ether oxygens (including phenoxy) is 1. The van der Waals surface area contributed by atoms with Crippen molar-refractivity contribution < 1.29 is 19.2 Å². The van der Waals surface area contributed by atoms with Crippen molar-refractivity contribution in [3.63, 3.8) is 0 Å². The van der Waals surface area contributed by atoms with Crippen molar-refractivity contribution in [2.24, 2.45) is 0 Å². The summed E-state index contributed by atoms with van der Waals surface area (Å²) in [6.45, 7) is 6.77. The highest BCUT2D eigenvalue weighted by atomic mass is 16.5. The summed E-state index contributed by atoms with van der Waals surface area (Å²) in [4.78, 5) is 26.4. The number of quaternary nitrogens is 1. The van der Waals surface area contributed by atoms with Crippen LogP contribution in [0.5, 0.6) is 0 Å². The van der Waals surface area contributed by atoms with Crippen molar-refractivity contribution in [3.8, 4) is 0 Å². The van der Waals surface area contributed by atoms with E-state index in [2.05, 4.69) is 10.6 Å². The highest BCUT2D eigenvalue weighted by Gasteiger charge is 2.35. The second-order valence-corrected chi connectivity index (χ2v) is 7.26. The Kier molecular flexibility index (Phi) is 5.61. The Morgan fingerprint density at radius 1 is 1.23 bits per heavy atom. The van der Waals surface area contributed by atoms with E-state index >= 15 is 0 Å². The minimum atomic E-state index is -0.490. The highest BCUT2D eigenvalue weighted by Crippen LogP contribution is 2.30. The molecule has 6 heteroatoms. The Hall–Kier alpha value is -2.34. The summed E-state index contributed by atoms with van der Waals surface area (Å²) in [5, 5.41) is 5.79. The van der Waals surface area contributed by atoms with Gasteiger partial charge in [0.1, 0.15) is 6.54 Å². The zero-order valence-electron chi connectivity index (χ0n) is 15.8. The van der Waals surface area contributed by atoms with E-state index in [0.29, 0.717) is 17.8 Å². The molecule has 0 radical (unpaired) electrons. The van der Waals surface area contributed by atoms with Crippen LogP contribution in [0.3, 0.4) is 0 Å². The van der Waals surface area contributed by atoms with Gasteiger partial charge in [-0.1, -0.05) is 23.8 Å². The number of amides is 2. The molecule has 0 aliphatic carbocycles. The van der Waals surface area contributed by atoms with E-state index in [1.165, 1.54) is 31.3 Å². The van der Waals surface area contributed by atoms with E-state index in [1.54, 1.807) is 0 Å². The topological polar surface area (TPSA) is 71.9 Å². The van der Waals surface area contributed by atoms with Crippen molar-refractivity contribution in [2.75, 3.05) is 26.7 Å². The lowest BCUT2D eigenvalue weighted by Crippen LogP contribution is -3.13. The van der Waals surface area contributed by atoms with E-state index in [9.17, 15) is 9.59 Å². The van der Waals surface area contributed by atoms with Crippen LogP contribution >= 0.6 is 0 Å². The maximum Gasteiger partial charge on any atom is 0.338 e. The first kappa shape index (κ1) is 18.5. The number of benzene rings is 1. The third-order valence-corrected chi connectivity index (χ3v) is 5.29. The van der Waals surface area contributed by atoms with Gasteiger partial charge in [-0.25, -0.2) is 9.59 Å². The molecule has 0 saturated carbocycles. The molecule has 2 heterocycles. The number of carbonyl (C=O) groups excluding carboxylic acids is 2. The number of aryl methyl sites for hydroxylation is 2. The van der Waals surface area contributed by atoms with Gasteiger partial charge in [0, 0.05) is 0 Å². The Balaban J connectivity index is 2.03. The lowest BCUT2D eigenvalue weighted by Gasteiger charge is -2.32. The van der Waals surface area contributed by atoms with Gasteiger partial charge in [0.25, 0.3) is 0 Å². The van der Waals surface area contributed by atoms with E-state index in [-0.39, 0.29) is 6.03 Å². The van der Waals surface area contributed by atoms with Crippen LogP contribution in [-0.2, 0) is 9.53 Å². The summed E-state index contributed by atoms with van der Waals surface area (Å²) in [5.74, 6) is -0.394. The predicted octanol–water partition coefficient (Wildman–Crippen LogP) is 1.15. The smallest absolute Gasteiger partial charge is 0.338 e. The van der Waals surface area contributed by atoms with Gasteiger partial charge < -0.3 is 20.3 Å². The predicted molar refractivity (Wildman–Crippen MR) is 98.8 cm³/mol. The third kappa shape index (κ3) is 3.90. The van der Waals surface area contributed by atoms with Crippen LogP contribution in [0, 0.1) is 13.8 Å². The molecule has 1 atom stereocenters. The minimum absolute atomic E-state index is 0.269. The van der Waals surface area contributed by atoms with E-state index < -0.39 is 12.0 Å². The zero-order valence-corrected chi connectivity index (χ0v) is 15.8. The molecule has 0 spiro atoms. The third-order valence-electron chi connectivity index (χ3n) is 5.29. The molecule has 2 amide bonds. The average Bonchev–Trinajstić information content (AvgIpc) is 2.63. The molecular formula is C20H28N3O3+. The molecule has 3 rings (SSSR count). The summed E-state index contributed by atoms with van der Waals surface area (Å²) < 4.78 is 5.07. The molecule has 1 saturated heterocycles. The summed E-state index contributed by atoms with van der Waals surface area (Å²) in [6.07, 6.45) is 3.62. The van der Waals surface area contributed by atoms with Gasteiger partial charge in [-0.3, -0.25) is 0 Å². The first-order chi connectivity index (χ1) is 12.5. The number of esters is 1. The first-order valence-corrected chi connectivity index (χ1v) is 9.29. The molecule has 26 heavy (non-hydrogen) atoms. The van der Waals surface area contributed by atoms with Gasteiger partial charge in [0.15, 0.2) is 0 Å². The molecule has 2 aliphatic heterocycles. The summed E-state index contributed by atoms with van der Waals surface area (Å²) >= 11 is 0. The Morgan fingerprint density at radius 2 is 1.96 bits per heavy atom. The fourth-order valence-electron chi connectivity index (χ4n) is 3.89. The lowest BCUT2D eigenvalue weighted by atomic mass is 9.91. The van der Waals surface area contributed by atoms with Gasteiger partial charge in [0.05, 0.1) is 37.5 Å². The molecule has 140 valence electrons. The van der Waals surface area contributed by atoms with E-state index in [4.69, 9.17) is 4.74 Å². The largest absolute Gasteiger partial charge is 0.466 e. The number of piperidine rings is 1. The molecule has 0 bridgehead atoms. The molecule has 2 aliphatic rings. The standard InChI is InChI=1S/C20H27N3O3/c1-13-7-8-14(2)15(11-13)18-17(19(24)26-3)16(21-20(25)22-18)12-23-9-5-4-6-10-23/h7-8,11,18H,4-6,9-10,12H2,1-3H3,(H2,21,22,25)/p+1/t18-/m0/s1. The Labute approximate surface area is 154 Å². The van der Waals surface area contributed by atoms with Gasteiger partial charge >= 0.3 is 12.0 Å². The van der Waals surface area contributed by atoms with Crippen molar-refractivity contribution in [2.45, 2.75) is 39.2 Å². The number of urea groups is 1. The van der Waals surface area contributed by atoms with E-state index in [1.807, 2.05) is 32.0 Å². The van der Waals surface area contributed by atoms with Gasteiger partial charge in [-0.15, -0.1) is 0 Å². The van der Waals surface area contributed by atoms with Crippen LogP contribution in [0.4, 0.5) is 4.79 Å². The fraction of sp³-hybridized carbons (Fsp3) is 0.500. The van der Waals surface area contributed by atoms with Crippen LogP contribution in [0.1, 0.15) is 42.0 Å². The number of nitrogens with one attached hydrogen (secondary N) is 3. The number of likely N-dealkylation sites (tertiary alicyclic amines) is 1. The van der Waals surface area contributed by atoms with Gasteiger partial charge in [-0.2, -0.15) is 0 Å². The van der Waals surface area contributed by atoms with Crippen molar-refractivity contribution in [1.82, 2.24) is 10.6 Å². The van der Waals surface area contributed by atoms with Crippen LogP contribution < -0.4 is 15.5 Å². The molecule has 3 N–H and O–H groups in total. The molecule has 0 unspecified atom stereocenters. The van der Waals surface area contributed by atoms with Crippen LogP contribution in [-0.4, -0.2) is 38.7 Å². The minimum Gasteiger partial charge on any atom is -0.466 e. The maximum absolute atomic E-state index is 12.6. The molecule has 6 nitrogen and oxygen atoms in total. The molecule has 0 aromatic heterocycles. The first-order valence-electron chi connectivity index (χ1n) is 9.29. The average molecular weight is 358 g/mol. The maximum atomic E-state index is 12.6. The fourth-order valence-corrected chi connectivity index (χ4v) is 3.89. The highest BCUT2D eigenvalue weighted by molar-refractivity contribution is 5.95. The lowest BCUT2D eigenvalue weighted by molar-refractivity contribution is -0.900. The molecule has 1 aromatic carbocycles. The number of hydrogen-bond acceptors (Lipinski definition) is 3. The molecular weight excluding hydrogens is 330 g/mol. The zero-order chi connectivity index (χ0) is 18.7. The number of rotatable bonds is 4. The number of hydrogen-bond donors (Lipinski definition) is 3. The molecule has 1 fully saturated rings. The summed E-state index contributed by atoms with van der Waals surface area (Å²) in [6, 6.07) is 5.32. The monoisotopic (exact) mass is 358 g/mol. The number of methoxy groups -OCH3 is 1. The quantitative estimate of drug-likeness (QED) is 0.707. The van der Waals surface area contributed by atoms with Gasteiger partial charge in [0.2, 0.25) is 0 Å². The number of carbonyl (C=O) groups is 2. The van der Waals surface area contributed by atoms with Crippen LogP contribution in [0.15, 0.2) is 29.5 Å². The summed E-state index contributed by atoms with van der Waals surface area (Å²) in [5.41, 5.74) is 4.26. The van der Waals surface area contributed by atoms with Crippen molar-refractivity contribution in [3.05, 3.63) is 46.2 Å². The second kappa shape index (κ2) is 7.91. The van der Waals surface area contributed by atoms with E-state index in [0.717, 1.165) is 29.8 Å². The normalized spacial score (nSPS) is 21.2. The Bertz CT molecular complexity index is 736. The van der Waals surface area contributed by atoms with Crippen LogP contribution in [0.2, 0.25) is 0 Å².